The van der Waals surface area contributed by atoms with Gasteiger partial charge in [-0.25, -0.2) is 4.68 Å². The molecule has 0 amide bonds. The van der Waals surface area contributed by atoms with E-state index < -0.39 is 0 Å². The molecule has 0 aromatic carbocycles. The molecule has 1 saturated heterocycles. The van der Waals surface area contributed by atoms with E-state index in [-0.39, 0.29) is 0 Å². The molecule has 3 heterocycles. The van der Waals surface area contributed by atoms with Crippen molar-refractivity contribution in [2.45, 2.75) is 50.7 Å². The minimum Gasteiger partial charge on any atom is -0.378 e. The lowest BCUT2D eigenvalue weighted by atomic mass is 10.3. The van der Waals surface area contributed by atoms with Crippen molar-refractivity contribution in [2.75, 3.05) is 31.2 Å². The minimum absolute atomic E-state index is 0.692. The Morgan fingerprint density at radius 3 is 2.71 bits per heavy atom. The van der Waals surface area contributed by atoms with Gasteiger partial charge in [0.1, 0.15) is 0 Å². The maximum absolute atomic E-state index is 5.41. The van der Waals surface area contributed by atoms with E-state index >= 15 is 0 Å². The van der Waals surface area contributed by atoms with E-state index in [4.69, 9.17) is 4.74 Å². The Hall–Kier alpha value is -1.68. The van der Waals surface area contributed by atoms with Crippen LogP contribution in [0.1, 0.15) is 32.5 Å². The third-order valence-electron chi connectivity index (χ3n) is 3.97. The molecular weight excluding hydrogens is 328 g/mol. The molecule has 0 saturated carbocycles. The van der Waals surface area contributed by atoms with Crippen LogP contribution in [-0.4, -0.2) is 61.3 Å². The van der Waals surface area contributed by atoms with Crippen molar-refractivity contribution in [3.8, 4) is 0 Å². The SMILES string of the molecule is CCCCn1nnnc1CSc1nnc(N2CCOCC2)n1CC. The van der Waals surface area contributed by atoms with Crippen LogP contribution in [0.3, 0.4) is 0 Å². The number of rotatable bonds is 8. The molecule has 0 radical (unpaired) electrons. The lowest BCUT2D eigenvalue weighted by Gasteiger charge is -2.27. The molecule has 2 aromatic rings. The van der Waals surface area contributed by atoms with E-state index in [0.717, 1.165) is 69.2 Å². The molecule has 1 aliphatic heterocycles. The summed E-state index contributed by atoms with van der Waals surface area (Å²) in [5, 5.41) is 21.7. The van der Waals surface area contributed by atoms with Crippen LogP contribution in [0.5, 0.6) is 0 Å². The van der Waals surface area contributed by atoms with Crippen molar-refractivity contribution in [1.82, 2.24) is 35.0 Å². The minimum atomic E-state index is 0.692. The average Bonchev–Trinajstić information content (AvgIpc) is 3.24. The molecule has 0 spiro atoms. The maximum Gasteiger partial charge on any atom is 0.228 e. The largest absolute Gasteiger partial charge is 0.378 e. The number of ether oxygens (including phenoxy) is 1. The predicted octanol–water partition coefficient (Wildman–Crippen LogP) is 1.21. The molecule has 1 aliphatic rings. The molecule has 2 aromatic heterocycles. The Labute approximate surface area is 145 Å². The molecule has 3 rings (SSSR count). The number of morpholine rings is 1. The van der Waals surface area contributed by atoms with Gasteiger partial charge in [0.15, 0.2) is 11.0 Å². The van der Waals surface area contributed by atoms with Crippen molar-refractivity contribution >= 4 is 17.7 Å². The van der Waals surface area contributed by atoms with Gasteiger partial charge in [-0.05, 0) is 23.8 Å². The van der Waals surface area contributed by atoms with Crippen LogP contribution in [0.25, 0.3) is 0 Å². The molecule has 10 heteroatoms. The van der Waals surface area contributed by atoms with Gasteiger partial charge in [0, 0.05) is 26.2 Å². The highest BCUT2D eigenvalue weighted by molar-refractivity contribution is 7.98. The van der Waals surface area contributed by atoms with Crippen LogP contribution >= 0.6 is 11.8 Å². The Morgan fingerprint density at radius 1 is 1.12 bits per heavy atom. The lowest BCUT2D eigenvalue weighted by molar-refractivity contribution is 0.121. The highest BCUT2D eigenvalue weighted by Gasteiger charge is 2.20. The van der Waals surface area contributed by atoms with Crippen molar-refractivity contribution in [3.05, 3.63) is 5.82 Å². The van der Waals surface area contributed by atoms with Crippen LogP contribution in [0.4, 0.5) is 5.95 Å². The fraction of sp³-hybridized carbons (Fsp3) is 0.786. The number of hydrogen-bond acceptors (Lipinski definition) is 8. The van der Waals surface area contributed by atoms with Gasteiger partial charge >= 0.3 is 0 Å². The first kappa shape index (κ1) is 17.2. The van der Waals surface area contributed by atoms with Gasteiger partial charge in [0.05, 0.1) is 19.0 Å². The predicted molar refractivity (Wildman–Crippen MR) is 91.0 cm³/mol. The normalized spacial score (nSPS) is 15.2. The van der Waals surface area contributed by atoms with Gasteiger partial charge in [-0.15, -0.1) is 15.3 Å². The highest BCUT2D eigenvalue weighted by Crippen LogP contribution is 2.24. The molecule has 1 fully saturated rings. The van der Waals surface area contributed by atoms with Gasteiger partial charge in [0.25, 0.3) is 0 Å². The molecule has 0 N–H and O–H groups in total. The van der Waals surface area contributed by atoms with Gasteiger partial charge in [-0.2, -0.15) is 0 Å². The number of anilines is 1. The maximum atomic E-state index is 5.41. The summed E-state index contributed by atoms with van der Waals surface area (Å²) < 4.78 is 9.44. The van der Waals surface area contributed by atoms with Crippen LogP contribution in [0, 0.1) is 0 Å². The third kappa shape index (κ3) is 3.86. The Bertz CT molecular complexity index is 637. The van der Waals surface area contributed by atoms with Gasteiger partial charge in [-0.1, -0.05) is 25.1 Å². The second-order valence-electron chi connectivity index (χ2n) is 5.59. The zero-order valence-electron chi connectivity index (χ0n) is 14.3. The Morgan fingerprint density at radius 2 is 1.96 bits per heavy atom. The molecular formula is C14H24N8OS. The highest BCUT2D eigenvalue weighted by atomic mass is 32.2. The Balaban J connectivity index is 1.67. The zero-order valence-corrected chi connectivity index (χ0v) is 15.1. The number of unbranched alkanes of at least 4 members (excludes halogenated alkanes) is 1. The lowest BCUT2D eigenvalue weighted by Crippen LogP contribution is -2.38. The summed E-state index contributed by atoms with van der Waals surface area (Å²) in [4.78, 5) is 2.23. The molecule has 0 aliphatic carbocycles. The van der Waals surface area contributed by atoms with Crippen molar-refractivity contribution < 1.29 is 4.74 Å². The Kier molecular flexibility index (Phi) is 6.02. The second kappa shape index (κ2) is 8.43. The molecule has 132 valence electrons. The van der Waals surface area contributed by atoms with Crippen molar-refractivity contribution in [3.63, 3.8) is 0 Å². The molecule has 9 nitrogen and oxygen atoms in total. The van der Waals surface area contributed by atoms with E-state index in [1.807, 2.05) is 4.68 Å². The summed E-state index contributed by atoms with van der Waals surface area (Å²) in [5.41, 5.74) is 0. The quantitative estimate of drug-likeness (QED) is 0.655. The topological polar surface area (TPSA) is 86.8 Å². The van der Waals surface area contributed by atoms with Crippen molar-refractivity contribution in [1.29, 1.82) is 0 Å². The first-order valence-corrected chi connectivity index (χ1v) is 9.45. The standard InChI is InChI=1S/C14H24N8OS/c1-3-5-6-22-12(15-18-19-22)11-24-14-17-16-13(21(14)4-2)20-7-9-23-10-8-20/h3-11H2,1-2H3. The first-order chi connectivity index (χ1) is 11.8. The number of aryl methyl sites for hydroxylation is 1. The third-order valence-corrected chi connectivity index (χ3v) is 4.93. The van der Waals surface area contributed by atoms with Crippen LogP contribution < -0.4 is 4.90 Å². The number of aromatic nitrogens is 7. The van der Waals surface area contributed by atoms with Gasteiger partial charge in [0.2, 0.25) is 5.95 Å². The van der Waals surface area contributed by atoms with Crippen molar-refractivity contribution in [2.24, 2.45) is 0 Å². The van der Waals surface area contributed by atoms with Crippen LogP contribution in [0.2, 0.25) is 0 Å². The molecule has 0 bridgehead atoms. The van der Waals surface area contributed by atoms with E-state index in [2.05, 4.69) is 49.0 Å². The monoisotopic (exact) mass is 352 g/mol. The number of hydrogen-bond donors (Lipinski definition) is 0. The van der Waals surface area contributed by atoms with E-state index in [0.29, 0.717) is 5.75 Å². The summed E-state index contributed by atoms with van der Waals surface area (Å²) >= 11 is 1.63. The van der Waals surface area contributed by atoms with Gasteiger partial charge < -0.3 is 9.64 Å². The summed E-state index contributed by atoms with van der Waals surface area (Å²) in [6.45, 7) is 9.17. The number of tetrazole rings is 1. The zero-order chi connectivity index (χ0) is 16.8. The summed E-state index contributed by atoms with van der Waals surface area (Å²) in [5.74, 6) is 2.50. The van der Waals surface area contributed by atoms with Gasteiger partial charge in [-0.3, -0.25) is 4.57 Å². The first-order valence-electron chi connectivity index (χ1n) is 8.47. The van der Waals surface area contributed by atoms with Crippen LogP contribution in [-0.2, 0) is 23.6 Å². The fourth-order valence-corrected chi connectivity index (χ4v) is 3.53. The summed E-state index contributed by atoms with van der Waals surface area (Å²) in [7, 11) is 0. The van der Waals surface area contributed by atoms with E-state index in [9.17, 15) is 0 Å². The smallest absolute Gasteiger partial charge is 0.228 e. The number of nitrogens with zero attached hydrogens (tertiary/aromatic N) is 8. The van der Waals surface area contributed by atoms with Crippen LogP contribution in [0.15, 0.2) is 5.16 Å². The summed E-state index contributed by atoms with van der Waals surface area (Å²) in [6.07, 6.45) is 2.20. The molecule has 0 atom stereocenters. The fourth-order valence-electron chi connectivity index (χ4n) is 2.60. The van der Waals surface area contributed by atoms with E-state index in [1.54, 1.807) is 11.8 Å². The second-order valence-corrected chi connectivity index (χ2v) is 6.53. The number of thioether (sulfide) groups is 1. The molecule has 0 unspecified atom stereocenters. The van der Waals surface area contributed by atoms with E-state index in [1.165, 1.54) is 0 Å². The molecule has 24 heavy (non-hydrogen) atoms. The summed E-state index contributed by atoms with van der Waals surface area (Å²) in [6, 6.07) is 0. The average molecular weight is 352 g/mol.